The lowest BCUT2D eigenvalue weighted by Crippen LogP contribution is -2.21. The topological polar surface area (TPSA) is 12.0 Å². The Kier molecular flexibility index (Phi) is 6.75. The Labute approximate surface area is 140 Å². The third kappa shape index (κ3) is 5.14. The second-order valence-electron chi connectivity index (χ2n) is 5.19. The minimum absolute atomic E-state index is 0.519. The van der Waals surface area contributed by atoms with Gasteiger partial charge in [0.2, 0.25) is 0 Å². The second kappa shape index (κ2) is 8.57. The first-order valence-electron chi connectivity index (χ1n) is 7.40. The van der Waals surface area contributed by atoms with Crippen LogP contribution in [0.5, 0.6) is 0 Å². The molecule has 0 saturated carbocycles. The number of hydrogen-bond donors (Lipinski definition) is 1. The summed E-state index contributed by atoms with van der Waals surface area (Å²) in [5, 5.41) is 4.31. The van der Waals surface area contributed by atoms with Crippen molar-refractivity contribution in [3.8, 4) is 0 Å². The van der Waals surface area contributed by atoms with Crippen molar-refractivity contribution in [1.29, 1.82) is 0 Å². The van der Waals surface area contributed by atoms with Crippen molar-refractivity contribution in [2.75, 3.05) is 13.1 Å². The van der Waals surface area contributed by atoms with Crippen molar-refractivity contribution in [1.82, 2.24) is 5.32 Å². The van der Waals surface area contributed by atoms with E-state index in [1.807, 2.05) is 6.07 Å². The van der Waals surface area contributed by atoms with Gasteiger partial charge in [-0.05, 0) is 48.6 Å². The molecule has 0 spiro atoms. The van der Waals surface area contributed by atoms with Crippen LogP contribution in [0.15, 0.2) is 53.0 Å². The first-order valence-corrected chi connectivity index (χ1v) is 8.57. The zero-order valence-corrected chi connectivity index (χ0v) is 14.6. The number of aryl methyl sites for hydroxylation is 1. The Morgan fingerprint density at radius 1 is 1.14 bits per heavy atom. The average Bonchev–Trinajstić information content (AvgIpc) is 2.50. The molecule has 112 valence electrons. The van der Waals surface area contributed by atoms with Crippen molar-refractivity contribution in [2.45, 2.75) is 25.7 Å². The lowest BCUT2D eigenvalue weighted by molar-refractivity contribution is 0.562. The molecule has 0 fully saturated rings. The van der Waals surface area contributed by atoms with Crippen LogP contribution < -0.4 is 5.32 Å². The van der Waals surface area contributed by atoms with Gasteiger partial charge in [-0.3, -0.25) is 0 Å². The quantitative estimate of drug-likeness (QED) is 0.689. The molecule has 0 radical (unpaired) electrons. The Bertz CT molecular complexity index is 556. The van der Waals surface area contributed by atoms with Crippen molar-refractivity contribution in [2.24, 2.45) is 0 Å². The highest BCUT2D eigenvalue weighted by Crippen LogP contribution is 2.26. The summed E-state index contributed by atoms with van der Waals surface area (Å²) in [6.07, 6.45) is 2.09. The van der Waals surface area contributed by atoms with Crippen LogP contribution in [0, 0.1) is 0 Å². The third-order valence-corrected chi connectivity index (χ3v) is 4.53. The molecule has 1 unspecified atom stereocenters. The minimum atomic E-state index is 0.519. The normalized spacial score (nSPS) is 12.3. The van der Waals surface area contributed by atoms with E-state index in [1.54, 1.807) is 0 Å². The van der Waals surface area contributed by atoms with Crippen molar-refractivity contribution >= 4 is 27.5 Å². The van der Waals surface area contributed by atoms with Crippen LogP contribution in [-0.4, -0.2) is 13.1 Å². The molecular formula is C18H21BrClN. The SMILES string of the molecule is CCNCC(CCc1ccc(Br)cc1Cl)c1ccccc1. The van der Waals surface area contributed by atoms with Crippen LogP contribution in [0.25, 0.3) is 0 Å². The lowest BCUT2D eigenvalue weighted by atomic mass is 9.92. The van der Waals surface area contributed by atoms with Crippen LogP contribution in [-0.2, 0) is 6.42 Å². The van der Waals surface area contributed by atoms with Crippen molar-refractivity contribution < 1.29 is 0 Å². The van der Waals surface area contributed by atoms with Crippen LogP contribution in [0.1, 0.15) is 30.4 Å². The molecule has 0 bridgehead atoms. The molecule has 0 aliphatic rings. The van der Waals surface area contributed by atoms with Gasteiger partial charge in [0, 0.05) is 16.0 Å². The Morgan fingerprint density at radius 3 is 2.57 bits per heavy atom. The zero-order chi connectivity index (χ0) is 15.1. The number of rotatable bonds is 7. The molecule has 0 amide bonds. The van der Waals surface area contributed by atoms with Crippen LogP contribution in [0.3, 0.4) is 0 Å². The van der Waals surface area contributed by atoms with Gasteiger partial charge in [-0.15, -0.1) is 0 Å². The van der Waals surface area contributed by atoms with Crippen molar-refractivity contribution in [3.05, 3.63) is 69.2 Å². The van der Waals surface area contributed by atoms with E-state index in [2.05, 4.69) is 70.6 Å². The minimum Gasteiger partial charge on any atom is -0.316 e. The molecule has 2 aromatic carbocycles. The van der Waals surface area contributed by atoms with E-state index < -0.39 is 0 Å². The summed E-state index contributed by atoms with van der Waals surface area (Å²) in [6, 6.07) is 16.9. The van der Waals surface area contributed by atoms with Gasteiger partial charge in [-0.1, -0.05) is 70.9 Å². The van der Waals surface area contributed by atoms with Crippen LogP contribution >= 0.6 is 27.5 Å². The average molecular weight is 367 g/mol. The summed E-state index contributed by atoms with van der Waals surface area (Å²) in [7, 11) is 0. The number of hydrogen-bond acceptors (Lipinski definition) is 1. The Hall–Kier alpha value is -0.830. The molecule has 1 nitrogen and oxygen atoms in total. The molecule has 2 rings (SSSR count). The molecule has 21 heavy (non-hydrogen) atoms. The van der Waals surface area contributed by atoms with E-state index in [9.17, 15) is 0 Å². The summed E-state index contributed by atoms with van der Waals surface area (Å²) in [5.41, 5.74) is 2.61. The predicted octanol–water partition coefficient (Wildman–Crippen LogP) is 5.43. The largest absolute Gasteiger partial charge is 0.316 e. The number of nitrogens with one attached hydrogen (secondary N) is 1. The maximum Gasteiger partial charge on any atom is 0.0449 e. The molecule has 0 aliphatic carbocycles. The first kappa shape index (κ1) is 16.5. The molecule has 0 aliphatic heterocycles. The van der Waals surface area contributed by atoms with Gasteiger partial charge in [-0.2, -0.15) is 0 Å². The predicted molar refractivity (Wildman–Crippen MR) is 95.2 cm³/mol. The van der Waals surface area contributed by atoms with Crippen LogP contribution in [0.4, 0.5) is 0 Å². The van der Waals surface area contributed by atoms with Gasteiger partial charge in [0.05, 0.1) is 0 Å². The molecule has 0 saturated heterocycles. The lowest BCUT2D eigenvalue weighted by Gasteiger charge is -2.18. The van der Waals surface area contributed by atoms with Gasteiger partial charge < -0.3 is 5.32 Å². The molecule has 2 aromatic rings. The molecule has 0 aromatic heterocycles. The number of likely N-dealkylation sites (N-methyl/N-ethyl adjacent to an activating group) is 1. The van der Waals surface area contributed by atoms with Crippen LogP contribution in [0.2, 0.25) is 5.02 Å². The molecule has 1 atom stereocenters. The van der Waals surface area contributed by atoms with E-state index in [0.717, 1.165) is 35.4 Å². The highest BCUT2D eigenvalue weighted by Gasteiger charge is 2.12. The molecule has 1 N–H and O–H groups in total. The zero-order valence-electron chi connectivity index (χ0n) is 12.3. The summed E-state index contributed by atoms with van der Waals surface area (Å²) < 4.78 is 1.03. The molecular weight excluding hydrogens is 346 g/mol. The Balaban J connectivity index is 2.05. The highest BCUT2D eigenvalue weighted by molar-refractivity contribution is 9.10. The van der Waals surface area contributed by atoms with Gasteiger partial charge in [-0.25, -0.2) is 0 Å². The van der Waals surface area contributed by atoms with E-state index in [4.69, 9.17) is 11.6 Å². The van der Waals surface area contributed by atoms with Gasteiger partial charge >= 0.3 is 0 Å². The summed E-state index contributed by atoms with van der Waals surface area (Å²) >= 11 is 9.77. The molecule has 0 heterocycles. The van der Waals surface area contributed by atoms with E-state index >= 15 is 0 Å². The van der Waals surface area contributed by atoms with Gasteiger partial charge in [0.1, 0.15) is 0 Å². The maximum absolute atomic E-state index is 6.32. The fourth-order valence-corrected chi connectivity index (χ4v) is 3.25. The Morgan fingerprint density at radius 2 is 1.90 bits per heavy atom. The number of halogens is 2. The molecule has 3 heteroatoms. The fraction of sp³-hybridized carbons (Fsp3) is 0.333. The maximum atomic E-state index is 6.32. The van der Waals surface area contributed by atoms with E-state index in [-0.39, 0.29) is 0 Å². The smallest absolute Gasteiger partial charge is 0.0449 e. The first-order chi connectivity index (χ1) is 10.2. The van der Waals surface area contributed by atoms with Crippen molar-refractivity contribution in [3.63, 3.8) is 0 Å². The summed E-state index contributed by atoms with van der Waals surface area (Å²) in [5.74, 6) is 0.519. The standard InChI is InChI=1S/C18H21BrClN/c1-2-21-13-16(14-6-4-3-5-7-14)9-8-15-10-11-17(19)12-18(15)20/h3-7,10-12,16,21H,2,8-9,13H2,1H3. The summed E-state index contributed by atoms with van der Waals surface area (Å²) in [4.78, 5) is 0. The fourth-order valence-electron chi connectivity index (χ4n) is 2.48. The van der Waals surface area contributed by atoms with E-state index in [0.29, 0.717) is 5.92 Å². The highest BCUT2D eigenvalue weighted by atomic mass is 79.9. The van der Waals surface area contributed by atoms with E-state index in [1.165, 1.54) is 11.1 Å². The monoisotopic (exact) mass is 365 g/mol. The third-order valence-electron chi connectivity index (χ3n) is 3.69. The van der Waals surface area contributed by atoms with Gasteiger partial charge in [0.25, 0.3) is 0 Å². The summed E-state index contributed by atoms with van der Waals surface area (Å²) in [6.45, 7) is 4.16. The van der Waals surface area contributed by atoms with Gasteiger partial charge in [0.15, 0.2) is 0 Å². The second-order valence-corrected chi connectivity index (χ2v) is 6.51. The number of benzene rings is 2.